The molecule has 4 atom stereocenters. The highest BCUT2D eigenvalue weighted by molar-refractivity contribution is 5.58. The van der Waals surface area contributed by atoms with E-state index in [0.717, 1.165) is 105 Å². The van der Waals surface area contributed by atoms with E-state index in [9.17, 15) is 0 Å². The van der Waals surface area contributed by atoms with E-state index in [-0.39, 0.29) is 0 Å². The molecular formula is C98H72. The number of allylic oxidation sites excluding steroid dienone is 16. The second-order valence-electron chi connectivity index (χ2n) is 27.9. The summed E-state index contributed by atoms with van der Waals surface area (Å²) in [6, 6.07) is 84.1. The molecule has 0 radical (unpaired) electrons. The molecular weight excluding hydrogens is 1180 g/mol. The maximum absolute atomic E-state index is 4.34. The lowest BCUT2D eigenvalue weighted by atomic mass is 9.23. The molecule has 464 valence electrons. The molecule has 8 aromatic carbocycles. The standard InChI is InChI=1S/C98H72/c1-9-29-79(30-10-1)49-53-87-45-25-61-91(69-87,65-57-83-37-17-5-18-38-83)95-73-96(92(66-58-84-39-19-6-20-40-84)62-26-46-88(70-92)54-50-80-31-11-2-12-32-80)76-97(74-95,93(67-59-85-41-21-7-22-42-85)63-27-47-89(71-93)55-51-81-33-13-3-14-34-81)78-98(75-95,77-96)94(68-60-86-43-23-8-24-44-86)64-28-48-90(72-94)56-52-82-35-15-4-16-36-82/h1-48,61-64H,69-78H2. The first-order valence-corrected chi connectivity index (χ1v) is 34.3. The number of hydrogen-bond donors (Lipinski definition) is 0. The van der Waals surface area contributed by atoms with Gasteiger partial charge in [-0.05, 0) is 157 Å². The Labute approximate surface area is 581 Å². The largest absolute Gasteiger partial charge is 0.0859 e. The van der Waals surface area contributed by atoms with Crippen LogP contribution in [-0.2, 0) is 0 Å². The Morgan fingerprint density at radius 1 is 0.184 bits per heavy atom. The Morgan fingerprint density at radius 3 is 0.520 bits per heavy atom. The first kappa shape index (κ1) is 62.3. The third kappa shape index (κ3) is 12.5. The fraction of sp³-hybridized carbons (Fsp3) is 0.184. The third-order valence-electron chi connectivity index (χ3n) is 21.8. The SMILES string of the molecule is C(#Cc1ccccc1)C1=CC=CC(C#Cc2ccccc2)(C23CC4(C5(C#Cc6ccccc6)C=CC=C(C#Cc6ccccc6)C5)CC(C5(C#Cc6ccccc6)C=CC=C(C#Cc6ccccc6)C5)(C2)CC(C2(C#Cc5ccccc5)C=CC=C(C#Cc5ccccc5)C2)(C3)C4)C1. The molecule has 0 aliphatic heterocycles. The summed E-state index contributed by atoms with van der Waals surface area (Å²) in [6.07, 6.45) is 35.5. The van der Waals surface area contributed by atoms with Gasteiger partial charge in [0, 0.05) is 92.5 Å². The van der Waals surface area contributed by atoms with Crippen LogP contribution >= 0.6 is 0 Å². The molecule has 0 spiro atoms. The lowest BCUT2D eigenvalue weighted by Crippen LogP contribution is -2.73. The van der Waals surface area contributed by atoms with Gasteiger partial charge in [0.25, 0.3) is 0 Å². The highest BCUT2D eigenvalue weighted by atomic mass is 14.8. The van der Waals surface area contributed by atoms with Gasteiger partial charge in [0.2, 0.25) is 0 Å². The van der Waals surface area contributed by atoms with Crippen LogP contribution in [0.15, 0.2) is 338 Å². The van der Waals surface area contributed by atoms with Crippen LogP contribution in [0.2, 0.25) is 0 Å². The molecule has 4 fully saturated rings. The highest BCUT2D eigenvalue weighted by Gasteiger charge is 2.80. The number of hydrogen-bond acceptors (Lipinski definition) is 0. The van der Waals surface area contributed by atoms with Crippen LogP contribution in [0, 0.1) is 138 Å². The topological polar surface area (TPSA) is 0 Å². The van der Waals surface area contributed by atoms with Gasteiger partial charge >= 0.3 is 0 Å². The lowest BCUT2D eigenvalue weighted by molar-refractivity contribution is -0.279. The Kier molecular flexibility index (Phi) is 17.0. The van der Waals surface area contributed by atoms with E-state index in [4.69, 9.17) is 0 Å². The van der Waals surface area contributed by atoms with E-state index in [1.807, 2.05) is 0 Å². The maximum Gasteiger partial charge on any atom is 0.0603 e. The quantitative estimate of drug-likeness (QED) is 0.154. The second kappa shape index (κ2) is 26.8. The molecule has 0 heterocycles. The summed E-state index contributed by atoms with van der Waals surface area (Å²) in [4.78, 5) is 0. The molecule has 4 unspecified atom stereocenters. The van der Waals surface area contributed by atoms with Gasteiger partial charge in [0.05, 0.1) is 21.7 Å². The molecule has 0 heteroatoms. The van der Waals surface area contributed by atoms with Crippen molar-refractivity contribution in [2.75, 3.05) is 0 Å². The van der Waals surface area contributed by atoms with Crippen molar-refractivity contribution in [3.8, 4) is 94.7 Å². The van der Waals surface area contributed by atoms with Gasteiger partial charge in [-0.25, -0.2) is 0 Å². The molecule has 4 saturated carbocycles. The van der Waals surface area contributed by atoms with E-state index in [1.54, 1.807) is 0 Å². The average molecular weight is 1250 g/mol. The molecule has 4 bridgehead atoms. The molecule has 16 rings (SSSR count). The van der Waals surface area contributed by atoms with E-state index in [0.29, 0.717) is 25.7 Å². The number of benzene rings is 8. The summed E-state index contributed by atoms with van der Waals surface area (Å²) in [5.41, 5.74) is 6.44. The van der Waals surface area contributed by atoms with Gasteiger partial charge in [-0.15, -0.1) is 0 Å². The Balaban J connectivity index is 1.06. The average Bonchev–Trinajstić information content (AvgIpc) is 0.642. The summed E-state index contributed by atoms with van der Waals surface area (Å²) in [5, 5.41) is 0. The number of rotatable bonds is 4. The van der Waals surface area contributed by atoms with Gasteiger partial charge in [0.1, 0.15) is 0 Å². The summed E-state index contributed by atoms with van der Waals surface area (Å²) < 4.78 is 0. The zero-order valence-electron chi connectivity index (χ0n) is 55.1. The van der Waals surface area contributed by atoms with Gasteiger partial charge in [-0.3, -0.25) is 0 Å². The molecule has 0 aromatic heterocycles. The Bertz CT molecular complexity index is 4470. The Hall–Kier alpha value is -11.8. The lowest BCUT2D eigenvalue weighted by Gasteiger charge is -2.79. The smallest absolute Gasteiger partial charge is 0.0603 e. The van der Waals surface area contributed by atoms with Crippen LogP contribution in [0.25, 0.3) is 0 Å². The van der Waals surface area contributed by atoms with Crippen LogP contribution in [0.3, 0.4) is 0 Å². The van der Waals surface area contributed by atoms with Gasteiger partial charge < -0.3 is 0 Å². The normalized spacial score (nSPS) is 26.9. The van der Waals surface area contributed by atoms with Crippen molar-refractivity contribution in [3.63, 3.8) is 0 Å². The van der Waals surface area contributed by atoms with E-state index < -0.39 is 43.3 Å². The van der Waals surface area contributed by atoms with Gasteiger partial charge in [0.15, 0.2) is 0 Å². The van der Waals surface area contributed by atoms with E-state index in [2.05, 4.69) is 410 Å². The van der Waals surface area contributed by atoms with Crippen LogP contribution in [0.4, 0.5) is 0 Å². The minimum Gasteiger partial charge on any atom is -0.0859 e. The van der Waals surface area contributed by atoms with Crippen molar-refractivity contribution in [1.29, 1.82) is 0 Å². The highest BCUT2D eigenvalue weighted by Crippen LogP contribution is 2.87. The zero-order valence-corrected chi connectivity index (χ0v) is 55.1. The predicted octanol–water partition coefficient (Wildman–Crippen LogP) is 20.2. The van der Waals surface area contributed by atoms with Crippen LogP contribution < -0.4 is 0 Å². The fourth-order valence-electron chi connectivity index (χ4n) is 17.7. The van der Waals surface area contributed by atoms with Crippen molar-refractivity contribution >= 4 is 0 Å². The Morgan fingerprint density at radius 2 is 0.347 bits per heavy atom. The summed E-state index contributed by atoms with van der Waals surface area (Å²) >= 11 is 0. The minimum absolute atomic E-state index is 0.598. The first-order valence-electron chi connectivity index (χ1n) is 34.3. The van der Waals surface area contributed by atoms with Gasteiger partial charge in [-0.1, -0.05) is 313 Å². The summed E-state index contributed by atoms with van der Waals surface area (Å²) in [7, 11) is 0. The molecule has 8 aliphatic carbocycles. The van der Waals surface area contributed by atoms with Crippen LogP contribution in [-0.4, -0.2) is 0 Å². The molecule has 0 N–H and O–H groups in total. The minimum atomic E-state index is -0.796. The maximum atomic E-state index is 4.34. The molecule has 8 aliphatic rings. The van der Waals surface area contributed by atoms with Crippen molar-refractivity contribution < 1.29 is 0 Å². The summed E-state index contributed by atoms with van der Waals surface area (Å²) in [6.45, 7) is 0. The predicted molar refractivity (Wildman–Crippen MR) is 401 cm³/mol. The molecule has 0 amide bonds. The molecule has 8 aromatic rings. The van der Waals surface area contributed by atoms with Crippen molar-refractivity contribution in [1.82, 2.24) is 0 Å². The van der Waals surface area contributed by atoms with Crippen LogP contribution in [0.5, 0.6) is 0 Å². The van der Waals surface area contributed by atoms with Crippen molar-refractivity contribution in [3.05, 3.63) is 382 Å². The van der Waals surface area contributed by atoms with Gasteiger partial charge in [-0.2, -0.15) is 0 Å². The second-order valence-corrected chi connectivity index (χ2v) is 27.9. The van der Waals surface area contributed by atoms with Crippen molar-refractivity contribution in [2.45, 2.75) is 64.2 Å². The third-order valence-corrected chi connectivity index (χ3v) is 21.8. The first-order chi connectivity index (χ1) is 48.2. The summed E-state index contributed by atoms with van der Waals surface area (Å²) in [5.74, 6) is 62.9. The molecule has 0 saturated heterocycles. The monoisotopic (exact) mass is 1250 g/mol. The molecule has 98 heavy (non-hydrogen) atoms. The van der Waals surface area contributed by atoms with E-state index >= 15 is 0 Å². The van der Waals surface area contributed by atoms with E-state index in [1.165, 1.54) is 0 Å². The fourth-order valence-corrected chi connectivity index (χ4v) is 17.7. The van der Waals surface area contributed by atoms with Crippen LogP contribution in [0.1, 0.15) is 109 Å². The van der Waals surface area contributed by atoms with Crippen molar-refractivity contribution in [2.24, 2.45) is 43.3 Å². The zero-order chi connectivity index (χ0) is 66.1. The molecule has 0 nitrogen and oxygen atoms in total.